The van der Waals surface area contributed by atoms with Gasteiger partial charge in [0.25, 0.3) is 5.91 Å². The molecule has 0 radical (unpaired) electrons. The van der Waals surface area contributed by atoms with Crippen molar-refractivity contribution in [2.45, 2.75) is 0 Å². The minimum absolute atomic E-state index is 0.0121. The number of likely N-dealkylation sites (N-methyl/N-ethyl adjacent to an activating group) is 1. The van der Waals surface area contributed by atoms with Gasteiger partial charge >= 0.3 is 5.97 Å². The SMILES string of the molecule is COC(=O)c1ccc(-c2ccc(C=C(C#N)C(=O)N(C)C)o2)cc1. The van der Waals surface area contributed by atoms with Gasteiger partial charge in [-0.05, 0) is 24.3 Å². The van der Waals surface area contributed by atoms with Crippen LogP contribution in [0.3, 0.4) is 0 Å². The first-order chi connectivity index (χ1) is 11.5. The van der Waals surface area contributed by atoms with Gasteiger partial charge in [0.1, 0.15) is 23.2 Å². The summed E-state index contributed by atoms with van der Waals surface area (Å²) in [6.07, 6.45) is 1.40. The second-order valence-corrected chi connectivity index (χ2v) is 5.14. The average Bonchev–Trinajstić information content (AvgIpc) is 3.07. The fourth-order valence-electron chi connectivity index (χ4n) is 2.00. The standard InChI is InChI=1S/C18H16N2O4/c1-20(2)17(21)14(11-19)10-15-8-9-16(24-15)12-4-6-13(7-5-12)18(22)23-3/h4-10H,1-3H3. The van der Waals surface area contributed by atoms with Crippen LogP contribution in [0.25, 0.3) is 17.4 Å². The minimum Gasteiger partial charge on any atom is -0.465 e. The molecule has 0 aliphatic carbocycles. The molecule has 0 saturated heterocycles. The van der Waals surface area contributed by atoms with Gasteiger partial charge in [0.2, 0.25) is 0 Å². The number of carbonyl (C=O) groups is 2. The molecule has 0 aliphatic heterocycles. The summed E-state index contributed by atoms with van der Waals surface area (Å²) in [6.45, 7) is 0. The summed E-state index contributed by atoms with van der Waals surface area (Å²) in [6, 6.07) is 12.0. The van der Waals surface area contributed by atoms with Crippen LogP contribution in [0.1, 0.15) is 16.1 Å². The summed E-state index contributed by atoms with van der Waals surface area (Å²) < 4.78 is 10.3. The van der Waals surface area contributed by atoms with Crippen molar-refractivity contribution in [2.24, 2.45) is 0 Å². The lowest BCUT2D eigenvalue weighted by molar-refractivity contribution is -0.124. The van der Waals surface area contributed by atoms with Crippen molar-refractivity contribution in [3.8, 4) is 17.4 Å². The van der Waals surface area contributed by atoms with Crippen LogP contribution >= 0.6 is 0 Å². The average molecular weight is 324 g/mol. The number of benzene rings is 1. The van der Waals surface area contributed by atoms with Crippen molar-refractivity contribution in [3.63, 3.8) is 0 Å². The number of furan rings is 1. The number of amides is 1. The van der Waals surface area contributed by atoms with Crippen molar-refractivity contribution < 1.29 is 18.7 Å². The fourth-order valence-corrected chi connectivity index (χ4v) is 2.00. The summed E-state index contributed by atoms with van der Waals surface area (Å²) in [5.74, 6) is 0.157. The number of nitrogens with zero attached hydrogens (tertiary/aromatic N) is 2. The van der Waals surface area contributed by atoms with Gasteiger partial charge in [-0.1, -0.05) is 12.1 Å². The van der Waals surface area contributed by atoms with Gasteiger partial charge in [-0.15, -0.1) is 0 Å². The van der Waals surface area contributed by atoms with Crippen LogP contribution in [0.15, 0.2) is 46.4 Å². The van der Waals surface area contributed by atoms with Crippen molar-refractivity contribution >= 4 is 18.0 Å². The molecule has 24 heavy (non-hydrogen) atoms. The molecule has 0 spiro atoms. The molecule has 6 heteroatoms. The Morgan fingerprint density at radius 1 is 1.17 bits per heavy atom. The largest absolute Gasteiger partial charge is 0.465 e. The lowest BCUT2D eigenvalue weighted by Crippen LogP contribution is -2.22. The Bertz CT molecular complexity index is 823. The molecular formula is C18H16N2O4. The number of hydrogen-bond acceptors (Lipinski definition) is 5. The third-order valence-corrected chi connectivity index (χ3v) is 3.26. The van der Waals surface area contributed by atoms with E-state index in [1.54, 1.807) is 50.5 Å². The van der Waals surface area contributed by atoms with Crippen molar-refractivity contribution in [3.05, 3.63) is 53.3 Å². The lowest BCUT2D eigenvalue weighted by Gasteiger charge is -2.07. The Balaban J connectivity index is 2.26. The van der Waals surface area contributed by atoms with Crippen LogP contribution in [0, 0.1) is 11.3 Å². The predicted octanol–water partition coefficient (Wildman–Crippen LogP) is 2.73. The van der Waals surface area contributed by atoms with E-state index in [1.807, 2.05) is 6.07 Å². The molecular weight excluding hydrogens is 308 g/mol. The number of hydrogen-bond donors (Lipinski definition) is 0. The van der Waals surface area contributed by atoms with Crippen molar-refractivity contribution in [2.75, 3.05) is 21.2 Å². The molecule has 1 amide bonds. The summed E-state index contributed by atoms with van der Waals surface area (Å²) in [5.41, 5.74) is 1.19. The van der Waals surface area contributed by atoms with Gasteiger partial charge in [-0.2, -0.15) is 5.26 Å². The highest BCUT2D eigenvalue weighted by molar-refractivity contribution is 6.01. The van der Waals surface area contributed by atoms with Crippen LogP contribution in [0.5, 0.6) is 0 Å². The number of rotatable bonds is 4. The van der Waals surface area contributed by atoms with Crippen LogP contribution in [0.4, 0.5) is 0 Å². The summed E-state index contributed by atoms with van der Waals surface area (Å²) in [5, 5.41) is 9.09. The zero-order chi connectivity index (χ0) is 17.7. The van der Waals surface area contributed by atoms with Gasteiger partial charge in [0, 0.05) is 25.7 Å². The molecule has 0 N–H and O–H groups in total. The molecule has 0 bridgehead atoms. The molecule has 0 fully saturated rings. The maximum Gasteiger partial charge on any atom is 0.337 e. The molecule has 0 saturated carbocycles. The molecule has 2 aromatic rings. The van der Waals surface area contributed by atoms with Gasteiger partial charge in [-0.3, -0.25) is 4.79 Å². The van der Waals surface area contributed by atoms with E-state index in [2.05, 4.69) is 4.74 Å². The Morgan fingerprint density at radius 3 is 2.38 bits per heavy atom. The second kappa shape index (κ2) is 7.29. The number of carbonyl (C=O) groups excluding carboxylic acids is 2. The highest BCUT2D eigenvalue weighted by Gasteiger charge is 2.13. The molecule has 1 heterocycles. The van der Waals surface area contributed by atoms with Crippen LogP contribution < -0.4 is 0 Å². The minimum atomic E-state index is -0.412. The maximum atomic E-state index is 11.8. The van der Waals surface area contributed by atoms with Gasteiger partial charge in [0.15, 0.2) is 0 Å². The van der Waals surface area contributed by atoms with Crippen molar-refractivity contribution in [1.82, 2.24) is 4.90 Å². The Hall–Kier alpha value is -3.33. The summed E-state index contributed by atoms with van der Waals surface area (Å²) in [4.78, 5) is 24.6. The Morgan fingerprint density at radius 2 is 1.83 bits per heavy atom. The van der Waals surface area contributed by atoms with E-state index >= 15 is 0 Å². The van der Waals surface area contributed by atoms with Gasteiger partial charge in [-0.25, -0.2) is 4.79 Å². The van der Waals surface area contributed by atoms with E-state index in [4.69, 9.17) is 9.68 Å². The van der Waals surface area contributed by atoms with Crippen LogP contribution in [-0.2, 0) is 9.53 Å². The Labute approximate surface area is 139 Å². The number of esters is 1. The second-order valence-electron chi connectivity index (χ2n) is 5.14. The summed E-state index contributed by atoms with van der Waals surface area (Å²) >= 11 is 0. The van der Waals surface area contributed by atoms with E-state index in [-0.39, 0.29) is 5.57 Å². The zero-order valence-corrected chi connectivity index (χ0v) is 13.6. The molecule has 0 atom stereocenters. The van der Waals surface area contributed by atoms with E-state index in [9.17, 15) is 9.59 Å². The van der Waals surface area contributed by atoms with Crippen molar-refractivity contribution in [1.29, 1.82) is 5.26 Å². The zero-order valence-electron chi connectivity index (χ0n) is 13.6. The first kappa shape index (κ1) is 17.0. The molecule has 0 unspecified atom stereocenters. The van der Waals surface area contributed by atoms with E-state index in [1.165, 1.54) is 18.1 Å². The highest BCUT2D eigenvalue weighted by Crippen LogP contribution is 2.24. The lowest BCUT2D eigenvalue weighted by atomic mass is 10.1. The molecule has 0 aliphatic rings. The highest BCUT2D eigenvalue weighted by atomic mass is 16.5. The maximum absolute atomic E-state index is 11.8. The van der Waals surface area contributed by atoms with Crippen LogP contribution in [-0.4, -0.2) is 38.0 Å². The number of ether oxygens (including phenoxy) is 1. The first-order valence-corrected chi connectivity index (χ1v) is 7.08. The molecule has 1 aromatic heterocycles. The van der Waals surface area contributed by atoms with Gasteiger partial charge in [0.05, 0.1) is 12.7 Å². The molecule has 6 nitrogen and oxygen atoms in total. The van der Waals surface area contributed by atoms with E-state index < -0.39 is 11.9 Å². The number of nitriles is 1. The first-order valence-electron chi connectivity index (χ1n) is 7.08. The quantitative estimate of drug-likeness (QED) is 0.490. The topological polar surface area (TPSA) is 83.5 Å². The van der Waals surface area contributed by atoms with Gasteiger partial charge < -0.3 is 14.1 Å². The predicted molar refractivity (Wildman–Crippen MR) is 87.8 cm³/mol. The number of methoxy groups -OCH3 is 1. The molecule has 1 aromatic carbocycles. The fraction of sp³-hybridized carbons (Fsp3) is 0.167. The smallest absolute Gasteiger partial charge is 0.337 e. The third-order valence-electron chi connectivity index (χ3n) is 3.26. The Kier molecular flexibility index (Phi) is 5.17. The monoisotopic (exact) mass is 324 g/mol. The molecule has 2 rings (SSSR count). The molecule has 122 valence electrons. The van der Waals surface area contributed by atoms with Crippen LogP contribution in [0.2, 0.25) is 0 Å². The van der Waals surface area contributed by atoms with E-state index in [0.717, 1.165) is 5.56 Å². The third kappa shape index (κ3) is 3.70. The van der Waals surface area contributed by atoms with E-state index in [0.29, 0.717) is 17.1 Å². The summed E-state index contributed by atoms with van der Waals surface area (Å²) in [7, 11) is 4.47. The normalized spacial score (nSPS) is 10.8.